The lowest BCUT2D eigenvalue weighted by atomic mass is 10.0. The molecule has 2 aromatic heterocycles. The predicted octanol–water partition coefficient (Wildman–Crippen LogP) is 5.34. The highest BCUT2D eigenvalue weighted by molar-refractivity contribution is 6.31. The summed E-state index contributed by atoms with van der Waals surface area (Å²) in [5.74, 6) is 0.0580. The maximum Gasteiger partial charge on any atom is 0.199 e. The number of halogens is 1. The molecule has 0 atom stereocenters. The van der Waals surface area contributed by atoms with E-state index in [2.05, 4.69) is 15.3 Å². The summed E-state index contributed by atoms with van der Waals surface area (Å²) < 4.78 is 1.77. The van der Waals surface area contributed by atoms with Gasteiger partial charge in [-0.3, -0.25) is 0 Å². The largest absolute Gasteiger partial charge is 0.494 e. The molecular formula is C24H18ClN5O. The van der Waals surface area contributed by atoms with E-state index in [4.69, 9.17) is 16.6 Å². The zero-order valence-corrected chi connectivity index (χ0v) is 17.2. The fraction of sp³-hybridized carbons (Fsp3) is 0.0417. The summed E-state index contributed by atoms with van der Waals surface area (Å²) in [5, 5.41) is 20.0. The van der Waals surface area contributed by atoms with Crippen LogP contribution in [0.3, 0.4) is 0 Å². The van der Waals surface area contributed by atoms with Crippen LogP contribution >= 0.6 is 11.6 Å². The molecule has 0 bridgehead atoms. The van der Waals surface area contributed by atoms with Crippen molar-refractivity contribution in [3.8, 4) is 5.88 Å². The van der Waals surface area contributed by atoms with Gasteiger partial charge in [-0.15, -0.1) is 5.10 Å². The number of aromatic hydroxyl groups is 1. The number of hydrogen-bond acceptors (Lipinski definition) is 4. The first kappa shape index (κ1) is 19.1. The van der Waals surface area contributed by atoms with Crippen molar-refractivity contribution in [3.05, 3.63) is 107 Å². The van der Waals surface area contributed by atoms with E-state index in [0.717, 1.165) is 27.7 Å². The molecule has 5 aromatic rings. The van der Waals surface area contributed by atoms with Gasteiger partial charge in [0.2, 0.25) is 0 Å². The van der Waals surface area contributed by atoms with E-state index < -0.39 is 0 Å². The highest BCUT2D eigenvalue weighted by Gasteiger charge is 2.18. The van der Waals surface area contributed by atoms with Crippen LogP contribution in [-0.4, -0.2) is 30.8 Å². The van der Waals surface area contributed by atoms with Crippen molar-refractivity contribution in [2.45, 2.75) is 6.54 Å². The van der Waals surface area contributed by atoms with Gasteiger partial charge in [-0.25, -0.2) is 9.67 Å². The summed E-state index contributed by atoms with van der Waals surface area (Å²) in [6.07, 6.45) is 3.48. The first-order valence-corrected chi connectivity index (χ1v) is 10.1. The SMILES string of the molecule is Oc1[nH]c2cc(Cl)ccc2c1C(=Nc1ccc(Cn2ccnn2)cc1)c1ccccc1. The number of rotatable bonds is 5. The second-order valence-corrected chi connectivity index (χ2v) is 7.57. The van der Waals surface area contributed by atoms with E-state index in [-0.39, 0.29) is 5.88 Å². The molecule has 3 aromatic carbocycles. The zero-order chi connectivity index (χ0) is 21.2. The van der Waals surface area contributed by atoms with Gasteiger partial charge in [-0.1, -0.05) is 65.3 Å². The molecule has 2 N–H and O–H groups in total. The van der Waals surface area contributed by atoms with Crippen LogP contribution in [0.1, 0.15) is 16.7 Å². The number of aromatic nitrogens is 4. The molecule has 2 heterocycles. The quantitative estimate of drug-likeness (QED) is 0.372. The lowest BCUT2D eigenvalue weighted by molar-refractivity contribution is 0.457. The normalized spacial score (nSPS) is 11.8. The molecule has 0 saturated carbocycles. The van der Waals surface area contributed by atoms with Gasteiger partial charge in [-0.05, 0) is 29.8 Å². The topological polar surface area (TPSA) is 79.1 Å². The van der Waals surface area contributed by atoms with Gasteiger partial charge in [0.05, 0.1) is 35.2 Å². The monoisotopic (exact) mass is 427 g/mol. The van der Waals surface area contributed by atoms with Crippen LogP contribution in [0.5, 0.6) is 5.88 Å². The number of nitrogens with one attached hydrogen (secondary N) is 1. The van der Waals surface area contributed by atoms with Crippen LogP contribution in [0.4, 0.5) is 5.69 Å². The number of benzene rings is 3. The number of H-pyrrole nitrogens is 1. The Morgan fingerprint density at radius 1 is 1.03 bits per heavy atom. The number of aromatic amines is 1. The molecule has 152 valence electrons. The third-order valence-corrected chi connectivity index (χ3v) is 5.25. The van der Waals surface area contributed by atoms with Gasteiger partial charge in [-0.2, -0.15) is 0 Å². The van der Waals surface area contributed by atoms with Crippen molar-refractivity contribution < 1.29 is 5.11 Å². The molecule has 5 rings (SSSR count). The molecule has 0 aliphatic rings. The number of aliphatic imine (C=N–C) groups is 1. The second kappa shape index (κ2) is 8.08. The average Bonchev–Trinajstić information content (AvgIpc) is 3.40. The molecule has 0 unspecified atom stereocenters. The summed E-state index contributed by atoms with van der Waals surface area (Å²) >= 11 is 6.13. The Morgan fingerprint density at radius 3 is 2.58 bits per heavy atom. The number of fused-ring (bicyclic) bond motifs is 1. The highest BCUT2D eigenvalue weighted by Crippen LogP contribution is 2.32. The van der Waals surface area contributed by atoms with E-state index in [0.29, 0.717) is 22.8 Å². The van der Waals surface area contributed by atoms with Crippen molar-refractivity contribution in [1.29, 1.82) is 0 Å². The lowest BCUT2D eigenvalue weighted by Gasteiger charge is -2.08. The standard InChI is InChI=1S/C24H18ClN5O/c25-18-8-11-20-21(14-18)28-24(31)22(20)23(17-4-2-1-3-5-17)27-19-9-6-16(7-10-19)15-30-13-12-26-29-30/h1-14,28,31H,15H2. The third kappa shape index (κ3) is 3.93. The van der Waals surface area contributed by atoms with Crippen LogP contribution in [0, 0.1) is 0 Å². The van der Waals surface area contributed by atoms with Crippen LogP contribution in [0.25, 0.3) is 10.9 Å². The lowest BCUT2D eigenvalue weighted by Crippen LogP contribution is -2.03. The Hall–Kier alpha value is -3.90. The molecule has 0 saturated heterocycles. The highest BCUT2D eigenvalue weighted by atomic mass is 35.5. The summed E-state index contributed by atoms with van der Waals surface area (Å²) in [6.45, 7) is 0.638. The molecular weight excluding hydrogens is 410 g/mol. The number of hydrogen-bond donors (Lipinski definition) is 2. The van der Waals surface area contributed by atoms with E-state index in [9.17, 15) is 5.11 Å². The van der Waals surface area contributed by atoms with Crippen molar-refractivity contribution in [2.75, 3.05) is 0 Å². The summed E-state index contributed by atoms with van der Waals surface area (Å²) in [4.78, 5) is 7.92. The Morgan fingerprint density at radius 2 is 1.84 bits per heavy atom. The fourth-order valence-corrected chi connectivity index (χ4v) is 3.74. The minimum absolute atomic E-state index is 0.0580. The Balaban J connectivity index is 1.59. The van der Waals surface area contributed by atoms with Crippen molar-refractivity contribution in [3.63, 3.8) is 0 Å². The van der Waals surface area contributed by atoms with Crippen LogP contribution in [-0.2, 0) is 6.54 Å². The fourth-order valence-electron chi connectivity index (χ4n) is 3.57. The Labute approximate surface area is 183 Å². The van der Waals surface area contributed by atoms with E-state index >= 15 is 0 Å². The van der Waals surface area contributed by atoms with Crippen molar-refractivity contribution in [1.82, 2.24) is 20.0 Å². The van der Waals surface area contributed by atoms with Gasteiger partial charge >= 0.3 is 0 Å². The van der Waals surface area contributed by atoms with Gasteiger partial charge in [0.25, 0.3) is 0 Å². The van der Waals surface area contributed by atoms with E-state index in [1.165, 1.54) is 0 Å². The third-order valence-electron chi connectivity index (χ3n) is 5.02. The predicted molar refractivity (Wildman–Crippen MR) is 122 cm³/mol. The van der Waals surface area contributed by atoms with Gasteiger partial charge in [0.1, 0.15) is 0 Å². The van der Waals surface area contributed by atoms with Gasteiger partial charge in [0, 0.05) is 22.2 Å². The zero-order valence-electron chi connectivity index (χ0n) is 16.4. The molecule has 0 spiro atoms. The maximum atomic E-state index is 10.7. The molecule has 6 nitrogen and oxygen atoms in total. The molecule has 7 heteroatoms. The molecule has 0 fully saturated rings. The first-order valence-electron chi connectivity index (χ1n) is 9.75. The van der Waals surface area contributed by atoms with Crippen molar-refractivity contribution in [2.24, 2.45) is 4.99 Å². The molecule has 0 amide bonds. The summed E-state index contributed by atoms with van der Waals surface area (Å²) in [5.41, 5.74) is 4.85. The molecule has 0 radical (unpaired) electrons. The minimum Gasteiger partial charge on any atom is -0.494 e. The minimum atomic E-state index is 0.0580. The molecule has 31 heavy (non-hydrogen) atoms. The van der Waals surface area contributed by atoms with Gasteiger partial charge < -0.3 is 10.1 Å². The maximum absolute atomic E-state index is 10.7. The molecule has 0 aliphatic heterocycles. The van der Waals surface area contributed by atoms with E-state index in [1.807, 2.05) is 72.9 Å². The first-order chi connectivity index (χ1) is 15.2. The summed E-state index contributed by atoms with van der Waals surface area (Å²) in [6, 6.07) is 23.2. The smallest absolute Gasteiger partial charge is 0.199 e. The Kier molecular flexibility index (Phi) is 4.98. The Bertz CT molecular complexity index is 1360. The van der Waals surface area contributed by atoms with E-state index in [1.54, 1.807) is 16.9 Å². The summed E-state index contributed by atoms with van der Waals surface area (Å²) in [7, 11) is 0. The van der Waals surface area contributed by atoms with Crippen LogP contribution < -0.4 is 0 Å². The van der Waals surface area contributed by atoms with Crippen LogP contribution in [0.2, 0.25) is 5.02 Å². The average molecular weight is 428 g/mol. The van der Waals surface area contributed by atoms with Crippen LogP contribution in [0.15, 0.2) is 90.2 Å². The number of nitrogens with zero attached hydrogens (tertiary/aromatic N) is 4. The second-order valence-electron chi connectivity index (χ2n) is 7.13. The van der Waals surface area contributed by atoms with Gasteiger partial charge in [0.15, 0.2) is 5.88 Å². The van der Waals surface area contributed by atoms with Crippen molar-refractivity contribution >= 4 is 33.9 Å². The molecule has 0 aliphatic carbocycles.